The molecule has 1 fully saturated rings. The van der Waals surface area contributed by atoms with Crippen molar-refractivity contribution < 1.29 is 23.9 Å². The highest BCUT2D eigenvalue weighted by Crippen LogP contribution is 2.27. The highest BCUT2D eigenvalue weighted by atomic mass is 32.2. The number of aliphatic carboxylic acids is 1. The monoisotopic (exact) mass is 305 g/mol. The molecule has 0 aromatic rings. The van der Waals surface area contributed by atoms with E-state index in [2.05, 4.69) is 19.4 Å². The molecule has 0 spiro atoms. The van der Waals surface area contributed by atoms with Gasteiger partial charge in [0, 0.05) is 19.8 Å². The summed E-state index contributed by atoms with van der Waals surface area (Å²) in [5, 5.41) is 11.9. The Bertz CT molecular complexity index is 362. The van der Waals surface area contributed by atoms with E-state index in [0.29, 0.717) is 11.0 Å². The molecule has 3 atom stereocenters. The van der Waals surface area contributed by atoms with Crippen molar-refractivity contribution >= 4 is 23.6 Å². The lowest BCUT2D eigenvalue weighted by Gasteiger charge is -2.41. The molecule has 0 radical (unpaired) electrons. The first-order chi connectivity index (χ1) is 9.23. The average Bonchev–Trinajstić information content (AvgIpc) is 2.31. The van der Waals surface area contributed by atoms with Gasteiger partial charge in [-0.1, -0.05) is 0 Å². The Morgan fingerprint density at radius 3 is 2.60 bits per heavy atom. The van der Waals surface area contributed by atoms with Crippen LogP contribution in [0.25, 0.3) is 0 Å². The molecular formula is C13H25N2O4S+. The van der Waals surface area contributed by atoms with Crippen LogP contribution in [0.15, 0.2) is 0 Å². The molecule has 6 nitrogen and oxygen atoms in total. The van der Waals surface area contributed by atoms with Crippen LogP contribution in [0.5, 0.6) is 0 Å². The minimum absolute atomic E-state index is 0.209. The number of thioether (sulfide) groups is 1. The van der Waals surface area contributed by atoms with Gasteiger partial charge in [0.2, 0.25) is 5.91 Å². The number of likely N-dealkylation sites (N-methyl/N-ethyl adjacent to an activating group) is 1. The second-order valence-corrected chi connectivity index (χ2v) is 7.27. The van der Waals surface area contributed by atoms with Crippen LogP contribution in [0.2, 0.25) is 0 Å². The lowest BCUT2D eigenvalue weighted by Crippen LogP contribution is -2.55. The van der Waals surface area contributed by atoms with E-state index in [1.807, 2.05) is 0 Å². The zero-order chi connectivity index (χ0) is 15.3. The van der Waals surface area contributed by atoms with Crippen LogP contribution in [0.3, 0.4) is 0 Å². The van der Waals surface area contributed by atoms with E-state index >= 15 is 0 Å². The lowest BCUT2D eigenvalue weighted by molar-refractivity contribution is -0.897. The van der Waals surface area contributed by atoms with E-state index in [4.69, 9.17) is 9.84 Å². The van der Waals surface area contributed by atoms with Gasteiger partial charge in [-0.15, -0.1) is 11.8 Å². The molecule has 1 rings (SSSR count). The summed E-state index contributed by atoms with van der Waals surface area (Å²) in [4.78, 5) is 22.1. The van der Waals surface area contributed by atoms with Crippen molar-refractivity contribution in [2.24, 2.45) is 0 Å². The minimum atomic E-state index is -0.986. The van der Waals surface area contributed by atoms with Crippen LogP contribution >= 0.6 is 11.8 Å². The van der Waals surface area contributed by atoms with Gasteiger partial charge < -0.3 is 19.6 Å². The topological polar surface area (TPSA) is 75.6 Å². The third-order valence-electron chi connectivity index (χ3n) is 3.43. The van der Waals surface area contributed by atoms with Crippen LogP contribution in [-0.4, -0.2) is 78.9 Å². The average molecular weight is 305 g/mol. The molecule has 1 heterocycles. The number of hydrogen-bond donors (Lipinski definition) is 2. The Balaban J connectivity index is 2.53. The number of likely N-dealkylation sites (tertiary alicyclic amines) is 1. The Morgan fingerprint density at radius 2 is 2.10 bits per heavy atom. The normalized spacial score (nSPS) is 26.8. The number of quaternary nitrogens is 1. The molecule has 1 saturated heterocycles. The molecular weight excluding hydrogens is 280 g/mol. The Kier molecular flexibility index (Phi) is 6.29. The highest BCUT2D eigenvalue weighted by molar-refractivity contribution is 8.00. The number of piperidine rings is 1. The van der Waals surface area contributed by atoms with Crippen LogP contribution in [0.1, 0.15) is 13.3 Å². The van der Waals surface area contributed by atoms with Crippen LogP contribution in [0.4, 0.5) is 0 Å². The van der Waals surface area contributed by atoms with Crippen LogP contribution < -0.4 is 5.32 Å². The summed E-state index contributed by atoms with van der Waals surface area (Å²) in [6, 6.07) is -0.823. The van der Waals surface area contributed by atoms with Gasteiger partial charge in [-0.25, -0.2) is 4.79 Å². The second kappa shape index (κ2) is 7.28. The predicted molar refractivity (Wildman–Crippen MR) is 78.7 cm³/mol. The molecule has 0 aliphatic carbocycles. The van der Waals surface area contributed by atoms with E-state index < -0.39 is 12.0 Å². The smallest absolute Gasteiger partial charge is 0.327 e. The van der Waals surface area contributed by atoms with E-state index in [-0.39, 0.29) is 12.0 Å². The zero-order valence-corrected chi connectivity index (χ0v) is 13.4. The van der Waals surface area contributed by atoms with Gasteiger partial charge in [0.25, 0.3) is 0 Å². The van der Waals surface area contributed by atoms with Gasteiger partial charge in [-0.2, -0.15) is 0 Å². The van der Waals surface area contributed by atoms with Crippen LogP contribution in [-0.2, 0) is 14.3 Å². The number of rotatable bonds is 6. The van der Waals surface area contributed by atoms with Crippen molar-refractivity contribution in [1.82, 2.24) is 5.32 Å². The molecule has 0 aromatic heterocycles. The maximum Gasteiger partial charge on any atom is 0.327 e. The summed E-state index contributed by atoms with van der Waals surface area (Å²) in [6.45, 7) is 3.29. The van der Waals surface area contributed by atoms with E-state index in [0.717, 1.165) is 24.0 Å². The molecule has 2 N–H and O–H groups in total. The maximum atomic E-state index is 11.1. The molecule has 1 amide bonds. The van der Waals surface area contributed by atoms with Crippen molar-refractivity contribution in [2.45, 2.75) is 30.7 Å². The molecule has 0 saturated carbocycles. The van der Waals surface area contributed by atoms with E-state index in [1.165, 1.54) is 6.92 Å². The standard InChI is InChI=1S/C13H24N2O4S/c1-9(16)14-12(13(17)18)8-20-11-5-10(19-4)6-15(2,3)7-11/h10-12H,5-8H2,1-4H3,(H-,14,16,17,18)/p+1/t10-,11+,12+/m0/s1. The third kappa shape index (κ3) is 5.68. The Morgan fingerprint density at radius 1 is 1.45 bits per heavy atom. The molecule has 0 unspecified atom stereocenters. The summed E-state index contributed by atoms with van der Waals surface area (Å²) in [5.41, 5.74) is 0. The van der Waals surface area contributed by atoms with Gasteiger partial charge in [0.15, 0.2) is 0 Å². The van der Waals surface area contributed by atoms with Crippen molar-refractivity contribution in [3.8, 4) is 0 Å². The molecule has 1 aliphatic heterocycles. The summed E-state index contributed by atoms with van der Waals surface area (Å²) in [5.74, 6) is -0.913. The zero-order valence-electron chi connectivity index (χ0n) is 12.6. The fourth-order valence-electron chi connectivity index (χ4n) is 2.56. The van der Waals surface area contributed by atoms with Crippen molar-refractivity contribution in [3.63, 3.8) is 0 Å². The molecule has 20 heavy (non-hydrogen) atoms. The lowest BCUT2D eigenvalue weighted by atomic mass is 10.1. The third-order valence-corrected chi connectivity index (χ3v) is 4.77. The number of carbonyl (C=O) groups excluding carboxylic acids is 1. The number of carbonyl (C=O) groups is 2. The Hall–Kier alpha value is -0.790. The number of nitrogens with one attached hydrogen (secondary N) is 1. The number of nitrogens with zero attached hydrogens (tertiary/aromatic N) is 1. The van der Waals surface area contributed by atoms with Crippen molar-refractivity contribution in [2.75, 3.05) is 40.0 Å². The second-order valence-electron chi connectivity index (χ2n) is 5.94. The number of amides is 1. The van der Waals surface area contributed by atoms with Gasteiger partial charge in [-0.3, -0.25) is 4.79 Å². The van der Waals surface area contributed by atoms with Crippen molar-refractivity contribution in [3.05, 3.63) is 0 Å². The number of methoxy groups -OCH3 is 1. The van der Waals surface area contributed by atoms with Gasteiger partial charge in [-0.05, 0) is 6.42 Å². The molecule has 0 bridgehead atoms. The van der Waals surface area contributed by atoms with E-state index in [1.54, 1.807) is 18.9 Å². The minimum Gasteiger partial charge on any atom is -0.480 e. The predicted octanol–water partition coefficient (Wildman–Crippen LogP) is 0.173. The maximum absolute atomic E-state index is 11.1. The molecule has 7 heteroatoms. The van der Waals surface area contributed by atoms with Crippen LogP contribution in [0, 0.1) is 0 Å². The highest BCUT2D eigenvalue weighted by Gasteiger charge is 2.35. The Labute approximate surface area is 124 Å². The van der Waals surface area contributed by atoms with Gasteiger partial charge in [0.05, 0.1) is 25.9 Å². The molecule has 116 valence electrons. The van der Waals surface area contributed by atoms with Gasteiger partial charge >= 0.3 is 5.97 Å². The van der Waals surface area contributed by atoms with Crippen molar-refractivity contribution in [1.29, 1.82) is 0 Å². The number of carboxylic acids is 1. The van der Waals surface area contributed by atoms with Gasteiger partial charge in [0.1, 0.15) is 18.7 Å². The quantitative estimate of drug-likeness (QED) is 0.684. The fourth-order valence-corrected chi connectivity index (χ4v) is 4.11. The first-order valence-electron chi connectivity index (χ1n) is 6.70. The summed E-state index contributed by atoms with van der Waals surface area (Å²) >= 11 is 1.61. The largest absolute Gasteiger partial charge is 0.480 e. The SMILES string of the molecule is CO[C@H]1C[C@@H](SC[C@@H](NC(C)=O)C(=O)O)C[N+](C)(C)C1. The first kappa shape index (κ1) is 17.3. The fraction of sp³-hybridized carbons (Fsp3) is 0.846. The summed E-state index contributed by atoms with van der Waals surface area (Å²) in [6.07, 6.45) is 1.13. The molecule has 0 aromatic carbocycles. The summed E-state index contributed by atoms with van der Waals surface area (Å²) < 4.78 is 6.33. The van der Waals surface area contributed by atoms with E-state index in [9.17, 15) is 9.59 Å². The number of ether oxygens (including phenoxy) is 1. The number of carboxylic acid groups (broad SMARTS) is 1. The molecule has 1 aliphatic rings. The first-order valence-corrected chi connectivity index (χ1v) is 7.74. The number of hydrogen-bond acceptors (Lipinski definition) is 4. The summed E-state index contributed by atoms with van der Waals surface area (Å²) in [7, 11) is 6.03.